The minimum absolute atomic E-state index is 0. The summed E-state index contributed by atoms with van der Waals surface area (Å²) in [6.07, 6.45) is 0. The molecule has 0 unspecified atom stereocenters. The van der Waals surface area contributed by atoms with E-state index >= 15 is 0 Å². The Bertz CT molecular complexity index is 94.9. The van der Waals surface area contributed by atoms with Crippen LogP contribution in [-0.4, -0.2) is 57.9 Å². The normalized spacial score (nSPS) is 8.29. The molecule has 0 rings (SSSR count). The second kappa shape index (κ2) is 5.31. The Labute approximate surface area is 68.1 Å². The molecule has 0 aliphatic heterocycles. The quantitative estimate of drug-likeness (QED) is 0.293. The molecule has 0 aromatic heterocycles. The van der Waals surface area contributed by atoms with E-state index in [4.69, 9.17) is 17.5 Å². The summed E-state index contributed by atoms with van der Waals surface area (Å²) in [6, 6.07) is 0. The highest BCUT2D eigenvalue weighted by molar-refractivity contribution is 7.79. The third-order valence-corrected chi connectivity index (χ3v) is 0. The van der Waals surface area contributed by atoms with E-state index in [9.17, 15) is 0 Å². The summed E-state index contributed by atoms with van der Waals surface area (Å²) in [5.41, 5.74) is 0. The lowest BCUT2D eigenvalue weighted by Crippen LogP contribution is -1.89. The largest absolute Gasteiger partial charge is 0.394 e. The number of rotatable bonds is 0. The molecule has 7 heteroatoms. The van der Waals surface area contributed by atoms with Gasteiger partial charge in [-0.15, -0.1) is 0 Å². The molecule has 0 aliphatic carbocycles. The van der Waals surface area contributed by atoms with Gasteiger partial charge in [-0.3, -0.25) is 9.11 Å². The van der Waals surface area contributed by atoms with E-state index in [0.29, 0.717) is 0 Å². The lowest BCUT2D eigenvalue weighted by molar-refractivity contribution is 0.381. The van der Waals surface area contributed by atoms with Crippen LogP contribution in [0.25, 0.3) is 0 Å². The minimum Gasteiger partial charge on any atom is -0.264 e. The van der Waals surface area contributed by atoms with Crippen molar-refractivity contribution in [1.29, 1.82) is 0 Å². The molecule has 0 bridgehead atoms. The molecule has 0 aliphatic rings. The highest BCUT2D eigenvalue weighted by Gasteiger charge is 1.84. The van der Waals surface area contributed by atoms with Gasteiger partial charge in [0.15, 0.2) is 17.4 Å². The van der Waals surface area contributed by atoms with E-state index in [1.54, 1.807) is 0 Å². The van der Waals surface area contributed by atoms with Crippen molar-refractivity contribution < 1.29 is 17.5 Å². The standard InChI is InChI=1S/Al.Mg.H2O4S.5H/c;;1-5(2,3)4;;;;;/h;;(H2,1,2,3,4);;;;;. The first-order chi connectivity index (χ1) is 2.00. The summed E-state index contributed by atoms with van der Waals surface area (Å²) < 4.78 is 31.6. The van der Waals surface area contributed by atoms with Gasteiger partial charge in [0, 0.05) is 0 Å². The molecule has 0 radical (unpaired) electrons. The molecule has 0 saturated heterocycles. The van der Waals surface area contributed by atoms with E-state index in [1.165, 1.54) is 0 Å². The van der Waals surface area contributed by atoms with Gasteiger partial charge in [0.25, 0.3) is 0 Å². The van der Waals surface area contributed by atoms with Gasteiger partial charge in [-0.05, 0) is 0 Å². The molecule has 0 spiro atoms. The molecule has 7 heavy (non-hydrogen) atoms. The van der Waals surface area contributed by atoms with Crippen LogP contribution in [0.15, 0.2) is 0 Å². The lowest BCUT2D eigenvalue weighted by Gasteiger charge is -1.68. The fourth-order valence-electron chi connectivity index (χ4n) is 0. The topological polar surface area (TPSA) is 74.6 Å². The van der Waals surface area contributed by atoms with E-state index in [0.717, 1.165) is 0 Å². The molecule has 0 fully saturated rings. The van der Waals surface area contributed by atoms with Gasteiger partial charge in [-0.1, -0.05) is 0 Å². The molecule has 0 heterocycles. The van der Waals surface area contributed by atoms with Gasteiger partial charge in [0.2, 0.25) is 0 Å². The lowest BCUT2D eigenvalue weighted by atomic mass is 15.8. The Morgan fingerprint density at radius 2 is 1.14 bits per heavy atom. The maximum Gasteiger partial charge on any atom is 0.394 e. The first kappa shape index (κ1) is 15.7. The van der Waals surface area contributed by atoms with Crippen LogP contribution in [-0.2, 0) is 10.4 Å². The van der Waals surface area contributed by atoms with Crippen molar-refractivity contribution in [2.75, 3.05) is 0 Å². The zero-order valence-electron chi connectivity index (χ0n) is 2.12. The van der Waals surface area contributed by atoms with Gasteiger partial charge in [0.05, 0.1) is 0 Å². The van der Waals surface area contributed by atoms with Crippen LogP contribution in [0.1, 0.15) is 0 Å². The third kappa shape index (κ3) is 140. The average Bonchev–Trinajstić information content (AvgIpc) is 0.722. The van der Waals surface area contributed by atoms with Gasteiger partial charge < -0.3 is 0 Å². The Balaban J connectivity index is -0.0000000800. The van der Waals surface area contributed by atoms with E-state index in [-0.39, 0.29) is 40.4 Å². The Kier molecular flexibility index (Phi) is 11.9. The van der Waals surface area contributed by atoms with Crippen LogP contribution >= 0.6 is 0 Å². The summed E-state index contributed by atoms with van der Waals surface area (Å²) in [6.45, 7) is 0. The summed E-state index contributed by atoms with van der Waals surface area (Å²) >= 11 is 0. The molecule has 42 valence electrons. The fraction of sp³-hybridized carbons (Fsp3) is 0. The first-order valence-electron chi connectivity index (χ1n) is 0.698. The highest BCUT2D eigenvalue weighted by Crippen LogP contribution is 1.59. The molecular formula is H7AlMgO4S. The van der Waals surface area contributed by atoms with Crippen LogP contribution in [0.3, 0.4) is 0 Å². The summed E-state index contributed by atoms with van der Waals surface area (Å²) in [5, 5.41) is 0. The van der Waals surface area contributed by atoms with Gasteiger partial charge in [-0.2, -0.15) is 8.42 Å². The smallest absolute Gasteiger partial charge is 0.264 e. The fourth-order valence-corrected chi connectivity index (χ4v) is 0. The Morgan fingerprint density at radius 3 is 1.14 bits per heavy atom. The van der Waals surface area contributed by atoms with Crippen LogP contribution < -0.4 is 0 Å². The van der Waals surface area contributed by atoms with Gasteiger partial charge in [0.1, 0.15) is 0 Å². The van der Waals surface area contributed by atoms with Gasteiger partial charge in [-0.25, -0.2) is 0 Å². The van der Waals surface area contributed by atoms with Crippen molar-refractivity contribution in [3.05, 3.63) is 0 Å². The Hall–Kier alpha value is 1.17. The van der Waals surface area contributed by atoms with Crippen molar-refractivity contribution in [2.24, 2.45) is 0 Å². The predicted octanol–water partition coefficient (Wildman–Crippen LogP) is -2.75. The molecule has 2 N–H and O–H groups in total. The number of hydrogen-bond acceptors (Lipinski definition) is 2. The summed E-state index contributed by atoms with van der Waals surface area (Å²) in [4.78, 5) is 0. The van der Waals surface area contributed by atoms with E-state index < -0.39 is 10.4 Å². The van der Waals surface area contributed by atoms with Crippen molar-refractivity contribution in [3.63, 3.8) is 0 Å². The summed E-state index contributed by atoms with van der Waals surface area (Å²) in [5.74, 6) is 0. The van der Waals surface area contributed by atoms with Crippen LogP contribution in [0, 0.1) is 0 Å². The molecule has 0 aromatic carbocycles. The third-order valence-electron chi connectivity index (χ3n) is 0. The molecule has 4 nitrogen and oxygen atoms in total. The first-order valence-corrected chi connectivity index (χ1v) is 2.10. The van der Waals surface area contributed by atoms with Crippen molar-refractivity contribution in [2.45, 2.75) is 0 Å². The van der Waals surface area contributed by atoms with Crippen LogP contribution in [0.2, 0.25) is 0 Å². The predicted molar refractivity (Wildman–Crippen MR) is 32.7 cm³/mol. The van der Waals surface area contributed by atoms with E-state index in [2.05, 4.69) is 0 Å². The van der Waals surface area contributed by atoms with Crippen LogP contribution in [0.5, 0.6) is 0 Å². The highest BCUT2D eigenvalue weighted by atomic mass is 32.3. The zero-order chi connectivity index (χ0) is 4.50. The Morgan fingerprint density at radius 1 is 1.14 bits per heavy atom. The summed E-state index contributed by atoms with van der Waals surface area (Å²) in [7, 11) is -4.67. The molecule has 0 aromatic rings. The molecule has 0 amide bonds. The second-order valence-electron chi connectivity index (χ2n) is 0.448. The van der Waals surface area contributed by atoms with Crippen LogP contribution in [0.4, 0.5) is 0 Å². The van der Waals surface area contributed by atoms with E-state index in [1.807, 2.05) is 0 Å². The monoisotopic (exact) mass is 154 g/mol. The van der Waals surface area contributed by atoms with Crippen molar-refractivity contribution in [3.8, 4) is 0 Å². The number of hydrogen-bond donors (Lipinski definition) is 2. The molecule has 0 saturated carbocycles. The SMILES string of the molecule is O=S(=O)(O)O.[AlH3].[MgH2]. The zero-order valence-corrected chi connectivity index (χ0v) is 2.94. The van der Waals surface area contributed by atoms with Crippen molar-refractivity contribution in [1.82, 2.24) is 0 Å². The maximum absolute atomic E-state index is 8.74. The van der Waals surface area contributed by atoms with Crippen molar-refractivity contribution >= 4 is 50.8 Å². The second-order valence-corrected chi connectivity index (χ2v) is 1.34. The average molecular weight is 154 g/mol. The minimum atomic E-state index is -4.67. The molecule has 0 atom stereocenters. The van der Waals surface area contributed by atoms with Gasteiger partial charge >= 0.3 is 33.5 Å². The maximum atomic E-state index is 8.74. The molecular weight excluding hydrogens is 147 g/mol.